The van der Waals surface area contributed by atoms with Gasteiger partial charge in [0.25, 0.3) is 0 Å². The molecule has 2 aromatic carbocycles. The molecule has 6 heteroatoms. The number of benzene rings is 2. The third-order valence-corrected chi connectivity index (χ3v) is 3.40. The van der Waals surface area contributed by atoms with Crippen LogP contribution < -0.4 is 5.32 Å². The highest BCUT2D eigenvalue weighted by atomic mass is 35.5. The summed E-state index contributed by atoms with van der Waals surface area (Å²) < 4.78 is 1.72. The number of hydrogen-bond acceptors (Lipinski definition) is 4. The average Bonchev–Trinajstić information content (AvgIpc) is 2.96. The molecule has 0 bridgehead atoms. The van der Waals surface area contributed by atoms with E-state index in [4.69, 9.17) is 11.6 Å². The van der Waals surface area contributed by atoms with Crippen molar-refractivity contribution in [2.75, 3.05) is 5.32 Å². The summed E-state index contributed by atoms with van der Waals surface area (Å²) in [7, 11) is 0. The van der Waals surface area contributed by atoms with E-state index in [0.29, 0.717) is 6.54 Å². The quantitative estimate of drug-likeness (QED) is 0.803. The molecule has 0 spiro atoms. The summed E-state index contributed by atoms with van der Waals surface area (Å²) in [6, 6.07) is 15.5. The number of aryl methyl sites for hydroxylation is 1. The fourth-order valence-corrected chi connectivity index (χ4v) is 2.31. The fourth-order valence-electron chi connectivity index (χ4n) is 2.09. The van der Waals surface area contributed by atoms with Crippen LogP contribution in [-0.4, -0.2) is 20.2 Å². The number of para-hydroxylation sites is 1. The van der Waals surface area contributed by atoms with Gasteiger partial charge in [-0.25, -0.2) is 0 Å². The van der Waals surface area contributed by atoms with Crippen molar-refractivity contribution < 1.29 is 0 Å². The van der Waals surface area contributed by atoms with Crippen LogP contribution in [0.4, 0.5) is 5.69 Å². The topological polar surface area (TPSA) is 55.6 Å². The summed E-state index contributed by atoms with van der Waals surface area (Å²) in [6.45, 7) is 2.54. The molecule has 0 aliphatic rings. The third-order valence-electron chi connectivity index (χ3n) is 3.16. The molecule has 0 unspecified atom stereocenters. The highest BCUT2D eigenvalue weighted by Gasteiger charge is 2.08. The Labute approximate surface area is 127 Å². The highest BCUT2D eigenvalue weighted by molar-refractivity contribution is 6.30. The van der Waals surface area contributed by atoms with Gasteiger partial charge in [0.15, 0.2) is 5.82 Å². The maximum atomic E-state index is 5.96. The number of rotatable bonds is 4. The number of nitrogens with zero attached hydrogens (tertiary/aromatic N) is 4. The number of aromatic nitrogens is 4. The maximum absolute atomic E-state index is 5.96. The molecular weight excluding hydrogens is 286 g/mol. The van der Waals surface area contributed by atoms with Gasteiger partial charge in [0.05, 0.1) is 12.2 Å². The Morgan fingerprint density at radius 3 is 2.71 bits per heavy atom. The number of tetrazole rings is 1. The van der Waals surface area contributed by atoms with Crippen molar-refractivity contribution >= 4 is 17.3 Å². The second kappa shape index (κ2) is 5.93. The van der Waals surface area contributed by atoms with Crippen molar-refractivity contribution in [3.63, 3.8) is 0 Å². The molecule has 0 amide bonds. The molecule has 0 aliphatic carbocycles. The van der Waals surface area contributed by atoms with E-state index in [-0.39, 0.29) is 0 Å². The highest BCUT2D eigenvalue weighted by Crippen LogP contribution is 2.20. The van der Waals surface area contributed by atoms with Crippen LogP contribution in [-0.2, 0) is 6.54 Å². The lowest BCUT2D eigenvalue weighted by Gasteiger charge is -2.10. The summed E-state index contributed by atoms with van der Waals surface area (Å²) in [4.78, 5) is 0. The van der Waals surface area contributed by atoms with Crippen molar-refractivity contribution in [2.45, 2.75) is 13.5 Å². The van der Waals surface area contributed by atoms with E-state index < -0.39 is 0 Å². The number of halogens is 1. The molecule has 3 aromatic rings. The summed E-state index contributed by atoms with van der Waals surface area (Å²) in [5.74, 6) is 0.746. The first kappa shape index (κ1) is 13.6. The standard InChI is InChI=1S/C15H14ClN5/c1-11-9-12(16)7-8-14(11)17-10-15-18-19-20-21(15)13-5-3-2-4-6-13/h2-9,17H,10H2,1H3. The Bertz CT molecular complexity index is 739. The molecule has 0 saturated heterocycles. The first-order valence-corrected chi connectivity index (χ1v) is 6.94. The van der Waals surface area contributed by atoms with E-state index in [1.54, 1.807) is 4.68 Å². The van der Waals surface area contributed by atoms with Crippen LogP contribution in [0.1, 0.15) is 11.4 Å². The van der Waals surface area contributed by atoms with Crippen LogP contribution in [0.5, 0.6) is 0 Å². The van der Waals surface area contributed by atoms with Crippen LogP contribution in [0.15, 0.2) is 48.5 Å². The molecule has 1 heterocycles. The molecule has 106 valence electrons. The molecule has 0 aliphatic heterocycles. The fraction of sp³-hybridized carbons (Fsp3) is 0.133. The van der Waals surface area contributed by atoms with E-state index in [2.05, 4.69) is 20.8 Å². The monoisotopic (exact) mass is 299 g/mol. The molecule has 21 heavy (non-hydrogen) atoms. The third kappa shape index (κ3) is 3.03. The van der Waals surface area contributed by atoms with Gasteiger partial charge in [-0.1, -0.05) is 29.8 Å². The summed E-state index contributed by atoms with van der Waals surface area (Å²) >= 11 is 5.96. The van der Waals surface area contributed by atoms with E-state index in [1.807, 2.05) is 55.5 Å². The van der Waals surface area contributed by atoms with Crippen molar-refractivity contribution in [3.8, 4) is 5.69 Å². The molecule has 0 fully saturated rings. The van der Waals surface area contributed by atoms with Crippen molar-refractivity contribution in [3.05, 3.63) is 64.9 Å². The van der Waals surface area contributed by atoms with Crippen molar-refractivity contribution in [1.29, 1.82) is 0 Å². The van der Waals surface area contributed by atoms with Crippen LogP contribution in [0.3, 0.4) is 0 Å². The second-order valence-corrected chi connectivity index (χ2v) is 5.09. The second-order valence-electron chi connectivity index (χ2n) is 4.66. The first-order chi connectivity index (χ1) is 10.2. The zero-order chi connectivity index (χ0) is 14.7. The Morgan fingerprint density at radius 2 is 1.95 bits per heavy atom. The molecule has 0 saturated carbocycles. The average molecular weight is 300 g/mol. The Kier molecular flexibility index (Phi) is 3.83. The summed E-state index contributed by atoms with van der Waals surface area (Å²) in [5.41, 5.74) is 3.04. The minimum absolute atomic E-state index is 0.532. The minimum atomic E-state index is 0.532. The molecule has 0 atom stereocenters. The van der Waals surface area contributed by atoms with Gasteiger partial charge in [0.2, 0.25) is 0 Å². The largest absolute Gasteiger partial charge is 0.377 e. The number of hydrogen-bond donors (Lipinski definition) is 1. The zero-order valence-corrected chi connectivity index (χ0v) is 12.2. The van der Waals surface area contributed by atoms with E-state index >= 15 is 0 Å². The van der Waals surface area contributed by atoms with Gasteiger partial charge >= 0.3 is 0 Å². The lowest BCUT2D eigenvalue weighted by Crippen LogP contribution is -2.09. The number of anilines is 1. The predicted molar refractivity (Wildman–Crippen MR) is 82.7 cm³/mol. The van der Waals surface area contributed by atoms with Gasteiger partial charge in [-0.3, -0.25) is 0 Å². The SMILES string of the molecule is Cc1cc(Cl)ccc1NCc1nnnn1-c1ccccc1. The zero-order valence-electron chi connectivity index (χ0n) is 11.5. The van der Waals surface area contributed by atoms with Crippen LogP contribution in [0, 0.1) is 6.92 Å². The van der Waals surface area contributed by atoms with Gasteiger partial charge in [-0.2, -0.15) is 4.68 Å². The van der Waals surface area contributed by atoms with Gasteiger partial charge in [-0.05, 0) is 53.2 Å². The van der Waals surface area contributed by atoms with E-state index in [9.17, 15) is 0 Å². The first-order valence-electron chi connectivity index (χ1n) is 6.57. The summed E-state index contributed by atoms with van der Waals surface area (Å²) in [5, 5.41) is 15.9. The molecule has 1 aromatic heterocycles. The lowest BCUT2D eigenvalue weighted by molar-refractivity contribution is 0.768. The smallest absolute Gasteiger partial charge is 0.175 e. The molecule has 0 radical (unpaired) electrons. The lowest BCUT2D eigenvalue weighted by atomic mass is 10.2. The molecule has 5 nitrogen and oxygen atoms in total. The van der Waals surface area contributed by atoms with Gasteiger partial charge in [0, 0.05) is 10.7 Å². The van der Waals surface area contributed by atoms with Gasteiger partial charge < -0.3 is 5.32 Å². The van der Waals surface area contributed by atoms with Crippen LogP contribution in [0.2, 0.25) is 5.02 Å². The van der Waals surface area contributed by atoms with Crippen LogP contribution in [0.25, 0.3) is 5.69 Å². The predicted octanol–water partition coefficient (Wildman–Crippen LogP) is 3.24. The van der Waals surface area contributed by atoms with Gasteiger partial charge in [0.1, 0.15) is 0 Å². The maximum Gasteiger partial charge on any atom is 0.175 e. The van der Waals surface area contributed by atoms with Crippen molar-refractivity contribution in [1.82, 2.24) is 20.2 Å². The minimum Gasteiger partial charge on any atom is -0.377 e. The molecule has 3 rings (SSSR count). The Hall–Kier alpha value is -2.40. The van der Waals surface area contributed by atoms with Gasteiger partial charge in [-0.15, -0.1) is 5.10 Å². The Morgan fingerprint density at radius 1 is 1.14 bits per heavy atom. The molecular formula is C15H14ClN5. The number of nitrogens with one attached hydrogen (secondary N) is 1. The van der Waals surface area contributed by atoms with Crippen molar-refractivity contribution in [2.24, 2.45) is 0 Å². The van der Waals surface area contributed by atoms with E-state index in [0.717, 1.165) is 27.8 Å². The van der Waals surface area contributed by atoms with Crippen LogP contribution >= 0.6 is 11.6 Å². The molecule has 1 N–H and O–H groups in total. The van der Waals surface area contributed by atoms with E-state index in [1.165, 1.54) is 0 Å². The normalized spacial score (nSPS) is 10.6. The Balaban J connectivity index is 1.79. The summed E-state index contributed by atoms with van der Waals surface area (Å²) in [6.07, 6.45) is 0.